The Balaban J connectivity index is 1.20. The van der Waals surface area contributed by atoms with Gasteiger partial charge in [-0.15, -0.1) is 0 Å². The molecule has 2 N–H and O–H groups in total. The molecule has 4 rings (SSSR count). The first kappa shape index (κ1) is 18.9. The number of benzene rings is 1. The summed E-state index contributed by atoms with van der Waals surface area (Å²) >= 11 is 0. The number of hydrogen-bond donors (Lipinski definition) is 2. The predicted molar refractivity (Wildman–Crippen MR) is 103 cm³/mol. The first-order chi connectivity index (χ1) is 13.0. The maximum atomic E-state index is 13.0. The molecule has 0 radical (unpaired) electrons. The fourth-order valence-corrected chi connectivity index (χ4v) is 4.89. The second kappa shape index (κ2) is 7.88. The van der Waals surface area contributed by atoms with Crippen molar-refractivity contribution in [3.63, 3.8) is 0 Å². The number of rotatable bonds is 5. The molecule has 0 aromatic heterocycles. The van der Waals surface area contributed by atoms with E-state index in [0.717, 1.165) is 70.1 Å². The lowest BCUT2D eigenvalue weighted by atomic mass is 9.84. The number of nitrogens with one attached hydrogen (secondary N) is 1. The van der Waals surface area contributed by atoms with Crippen LogP contribution in [0.5, 0.6) is 0 Å². The van der Waals surface area contributed by atoms with E-state index in [2.05, 4.69) is 10.2 Å². The zero-order valence-corrected chi connectivity index (χ0v) is 16.0. The second-order valence-corrected chi connectivity index (χ2v) is 8.84. The van der Waals surface area contributed by atoms with Gasteiger partial charge in [-0.1, -0.05) is 31.4 Å². The quantitative estimate of drug-likeness (QED) is 0.832. The van der Waals surface area contributed by atoms with E-state index < -0.39 is 5.60 Å². The Kier molecular flexibility index (Phi) is 5.51. The van der Waals surface area contributed by atoms with Crippen LogP contribution in [0.25, 0.3) is 0 Å². The first-order valence-corrected chi connectivity index (χ1v) is 10.5. The van der Waals surface area contributed by atoms with Crippen LogP contribution in [-0.2, 0) is 4.79 Å². The van der Waals surface area contributed by atoms with Crippen molar-refractivity contribution in [1.29, 1.82) is 0 Å². The molecule has 1 aromatic carbocycles. The van der Waals surface area contributed by atoms with Crippen LogP contribution in [0, 0.1) is 11.7 Å². The number of hydrogen-bond acceptors (Lipinski definition) is 3. The van der Waals surface area contributed by atoms with E-state index in [1.54, 1.807) is 12.1 Å². The number of likely N-dealkylation sites (tertiary alicyclic amines) is 1. The highest BCUT2D eigenvalue weighted by Gasteiger charge is 2.44. The Hall–Kier alpha value is -1.46. The number of nitrogens with zero attached hydrogens (tertiary/aromatic N) is 1. The lowest BCUT2D eigenvalue weighted by Crippen LogP contribution is -2.50. The third-order valence-corrected chi connectivity index (χ3v) is 6.66. The first-order valence-electron chi connectivity index (χ1n) is 10.5. The molecule has 3 fully saturated rings. The van der Waals surface area contributed by atoms with E-state index in [4.69, 9.17) is 0 Å². The second-order valence-electron chi connectivity index (χ2n) is 8.84. The van der Waals surface area contributed by atoms with Gasteiger partial charge >= 0.3 is 0 Å². The van der Waals surface area contributed by atoms with Crippen molar-refractivity contribution < 1.29 is 14.3 Å². The summed E-state index contributed by atoms with van der Waals surface area (Å²) in [5, 5.41) is 14.0. The van der Waals surface area contributed by atoms with Crippen LogP contribution >= 0.6 is 0 Å². The van der Waals surface area contributed by atoms with Crippen molar-refractivity contribution in [3.05, 3.63) is 35.6 Å². The molecule has 4 nitrogen and oxygen atoms in total. The molecular weight excluding hydrogens is 343 g/mol. The topological polar surface area (TPSA) is 52.6 Å². The molecule has 5 heteroatoms. The fourth-order valence-electron chi connectivity index (χ4n) is 4.89. The van der Waals surface area contributed by atoms with Gasteiger partial charge < -0.3 is 15.3 Å². The number of halogens is 1. The smallest absolute Gasteiger partial charge is 0.223 e. The van der Waals surface area contributed by atoms with Crippen molar-refractivity contribution in [1.82, 2.24) is 10.2 Å². The monoisotopic (exact) mass is 374 g/mol. The molecular formula is C22H31FN2O2. The van der Waals surface area contributed by atoms with Gasteiger partial charge in [0.2, 0.25) is 5.91 Å². The third kappa shape index (κ3) is 4.69. The van der Waals surface area contributed by atoms with Gasteiger partial charge in [-0.05, 0) is 55.7 Å². The zero-order valence-electron chi connectivity index (χ0n) is 16.0. The minimum atomic E-state index is -0.495. The Morgan fingerprint density at radius 1 is 1.15 bits per heavy atom. The van der Waals surface area contributed by atoms with Crippen LogP contribution in [0.4, 0.5) is 4.39 Å². The summed E-state index contributed by atoms with van der Waals surface area (Å²) in [4.78, 5) is 14.9. The Morgan fingerprint density at radius 2 is 1.81 bits per heavy atom. The number of amides is 1. The van der Waals surface area contributed by atoms with Gasteiger partial charge in [0, 0.05) is 31.6 Å². The normalized spacial score (nSPS) is 28.7. The highest BCUT2D eigenvalue weighted by Crippen LogP contribution is 2.47. The number of carbonyl (C=O) groups is 1. The molecule has 0 spiro atoms. The van der Waals surface area contributed by atoms with Crippen LogP contribution in [0.2, 0.25) is 0 Å². The highest BCUT2D eigenvalue weighted by molar-refractivity contribution is 5.83. The zero-order chi connectivity index (χ0) is 18.9. The van der Waals surface area contributed by atoms with Crippen LogP contribution in [-0.4, -0.2) is 47.2 Å². The van der Waals surface area contributed by atoms with E-state index in [0.29, 0.717) is 0 Å². The lowest BCUT2D eigenvalue weighted by molar-refractivity contribution is -0.123. The molecule has 27 heavy (non-hydrogen) atoms. The molecule has 2 saturated carbocycles. The highest BCUT2D eigenvalue weighted by atomic mass is 19.1. The van der Waals surface area contributed by atoms with E-state index in [9.17, 15) is 14.3 Å². The van der Waals surface area contributed by atoms with Gasteiger partial charge in [0.25, 0.3) is 0 Å². The summed E-state index contributed by atoms with van der Waals surface area (Å²) in [6, 6.07) is 6.77. The van der Waals surface area contributed by atoms with Gasteiger partial charge in [-0.3, -0.25) is 4.79 Å². The molecule has 3 aliphatic rings. The van der Waals surface area contributed by atoms with Gasteiger partial charge in [0.15, 0.2) is 0 Å². The Bertz CT molecular complexity index is 649. The minimum Gasteiger partial charge on any atom is -0.389 e. The average molecular weight is 375 g/mol. The van der Waals surface area contributed by atoms with Crippen LogP contribution in [0.1, 0.15) is 62.8 Å². The average Bonchev–Trinajstić information content (AvgIpc) is 3.45. The van der Waals surface area contributed by atoms with E-state index >= 15 is 0 Å². The van der Waals surface area contributed by atoms with E-state index in [1.165, 1.54) is 18.6 Å². The van der Waals surface area contributed by atoms with Crippen LogP contribution in [0.3, 0.4) is 0 Å². The maximum absolute atomic E-state index is 13.0. The van der Waals surface area contributed by atoms with Crippen molar-refractivity contribution in [2.75, 3.05) is 19.6 Å². The summed E-state index contributed by atoms with van der Waals surface area (Å²) < 4.78 is 13.0. The number of carbonyl (C=O) groups excluding carboxylic acids is 1. The Labute approximate surface area is 161 Å². The number of aliphatic hydroxyl groups is 1. The van der Waals surface area contributed by atoms with Gasteiger partial charge in [-0.25, -0.2) is 4.39 Å². The fraction of sp³-hybridized carbons (Fsp3) is 0.682. The minimum absolute atomic E-state index is 0.0384. The molecule has 148 valence electrons. The number of piperidine rings is 1. The molecule has 2 atom stereocenters. The summed E-state index contributed by atoms with van der Waals surface area (Å²) in [5.41, 5.74) is 0.567. The molecule has 1 amide bonds. The molecule has 1 heterocycles. The summed E-state index contributed by atoms with van der Waals surface area (Å²) in [6.45, 7) is 2.67. The lowest BCUT2D eigenvalue weighted by Gasteiger charge is -2.40. The van der Waals surface area contributed by atoms with E-state index in [-0.39, 0.29) is 29.6 Å². The van der Waals surface area contributed by atoms with Crippen molar-refractivity contribution in [3.8, 4) is 0 Å². The van der Waals surface area contributed by atoms with Gasteiger partial charge in [0.05, 0.1) is 5.60 Å². The molecule has 1 aromatic rings. The van der Waals surface area contributed by atoms with Gasteiger partial charge in [0.1, 0.15) is 5.82 Å². The molecule has 0 bridgehead atoms. The van der Waals surface area contributed by atoms with Crippen molar-refractivity contribution in [2.45, 2.75) is 68.9 Å². The Morgan fingerprint density at radius 3 is 2.48 bits per heavy atom. The summed E-state index contributed by atoms with van der Waals surface area (Å²) in [6.07, 6.45) is 8.15. The predicted octanol–water partition coefficient (Wildman–Crippen LogP) is 3.21. The SMILES string of the molecule is O=C(NC1CCN(CC2(O)CCCCC2)CC1)[C@H]1C[C@H]1c1ccc(F)cc1. The third-order valence-electron chi connectivity index (χ3n) is 6.66. The maximum Gasteiger partial charge on any atom is 0.223 e. The molecule has 1 aliphatic heterocycles. The van der Waals surface area contributed by atoms with Crippen LogP contribution in [0.15, 0.2) is 24.3 Å². The van der Waals surface area contributed by atoms with Crippen LogP contribution < -0.4 is 5.32 Å². The molecule has 2 aliphatic carbocycles. The summed E-state index contributed by atoms with van der Waals surface area (Å²) in [5.74, 6) is 0.196. The largest absolute Gasteiger partial charge is 0.389 e. The summed E-state index contributed by atoms with van der Waals surface area (Å²) in [7, 11) is 0. The van der Waals surface area contributed by atoms with Crippen molar-refractivity contribution in [2.24, 2.45) is 5.92 Å². The molecule has 1 saturated heterocycles. The molecule has 0 unspecified atom stereocenters. The van der Waals surface area contributed by atoms with Gasteiger partial charge in [-0.2, -0.15) is 0 Å². The standard InChI is InChI=1S/C22H31FN2O2/c23-17-6-4-16(5-7-17)19-14-20(19)21(26)24-18-8-12-25(13-9-18)15-22(27)10-2-1-3-11-22/h4-7,18-20,27H,1-3,8-15H2,(H,24,26)/t19-,20-/m0/s1. The van der Waals surface area contributed by atoms with E-state index in [1.807, 2.05) is 0 Å². The van der Waals surface area contributed by atoms with Crippen molar-refractivity contribution >= 4 is 5.91 Å². The number of β-amino-alcohol motifs (C(OH)–C–C–N with tert-alkyl or cyclic N) is 1.